The predicted molar refractivity (Wildman–Crippen MR) is 71.1 cm³/mol. The summed E-state index contributed by atoms with van der Waals surface area (Å²) in [6.45, 7) is 1.82. The van der Waals surface area contributed by atoms with Crippen LogP contribution in [0.15, 0.2) is 18.2 Å². The summed E-state index contributed by atoms with van der Waals surface area (Å²) in [5, 5.41) is 19.4. The van der Waals surface area contributed by atoms with Gasteiger partial charge in [0.1, 0.15) is 0 Å². The first kappa shape index (κ1) is 14.8. The normalized spacial score (nSPS) is 12.1. The first-order valence-corrected chi connectivity index (χ1v) is 6.59. The van der Waals surface area contributed by atoms with Crippen LogP contribution in [0.4, 0.5) is 5.69 Å². The minimum atomic E-state index is -0.843. The Hall–Kier alpha value is -1.27. The van der Waals surface area contributed by atoms with Gasteiger partial charge in [0.2, 0.25) is 0 Å². The summed E-state index contributed by atoms with van der Waals surface area (Å²) < 4.78 is 0. The summed E-state index contributed by atoms with van der Waals surface area (Å²) in [6, 6.07) is 4.30. The molecule has 0 aliphatic carbocycles. The van der Waals surface area contributed by atoms with Crippen molar-refractivity contribution in [2.24, 2.45) is 0 Å². The van der Waals surface area contributed by atoms with E-state index in [2.05, 4.69) is 0 Å². The lowest BCUT2D eigenvalue weighted by molar-refractivity contribution is -0.384. The van der Waals surface area contributed by atoms with E-state index in [1.165, 1.54) is 23.9 Å². The molecule has 0 radical (unpaired) electrons. The van der Waals surface area contributed by atoms with Crippen molar-refractivity contribution in [1.82, 2.24) is 0 Å². The van der Waals surface area contributed by atoms with E-state index < -0.39 is 10.9 Å². The van der Waals surface area contributed by atoms with Crippen molar-refractivity contribution in [2.45, 2.75) is 24.3 Å². The number of nitrogens with zero attached hydrogens (tertiary/aromatic N) is 1. The third kappa shape index (κ3) is 4.54. The van der Waals surface area contributed by atoms with Crippen LogP contribution in [-0.4, -0.2) is 21.2 Å². The number of carbonyl (C=O) groups is 1. The van der Waals surface area contributed by atoms with E-state index in [4.69, 9.17) is 16.7 Å². The van der Waals surface area contributed by atoms with Gasteiger partial charge in [-0.3, -0.25) is 14.9 Å². The zero-order valence-corrected chi connectivity index (χ0v) is 11.2. The van der Waals surface area contributed by atoms with Crippen LogP contribution in [0, 0.1) is 10.1 Å². The predicted octanol–water partition coefficient (Wildman–Crippen LogP) is 3.34. The van der Waals surface area contributed by atoms with E-state index in [1.54, 1.807) is 6.07 Å². The fourth-order valence-corrected chi connectivity index (χ4v) is 2.60. The molecule has 0 aromatic heterocycles. The Balaban J connectivity index is 2.63. The van der Waals surface area contributed by atoms with Crippen LogP contribution >= 0.6 is 23.4 Å². The van der Waals surface area contributed by atoms with Gasteiger partial charge in [0.15, 0.2) is 0 Å². The van der Waals surface area contributed by atoms with E-state index in [9.17, 15) is 14.9 Å². The van der Waals surface area contributed by atoms with Crippen LogP contribution in [0.1, 0.15) is 18.9 Å². The highest BCUT2D eigenvalue weighted by Crippen LogP contribution is 2.28. The molecule has 0 saturated carbocycles. The number of rotatable bonds is 6. The van der Waals surface area contributed by atoms with Crippen molar-refractivity contribution in [3.8, 4) is 0 Å². The van der Waals surface area contributed by atoms with Crippen LogP contribution in [0.2, 0.25) is 5.02 Å². The number of nitro benzene ring substituents is 1. The molecule has 1 aromatic carbocycles. The number of aliphatic carboxylic acids is 1. The van der Waals surface area contributed by atoms with Crippen molar-refractivity contribution in [3.05, 3.63) is 38.9 Å². The smallest absolute Gasteiger partial charge is 0.304 e. The number of halogens is 1. The fraction of sp³-hybridized carbons (Fsp3) is 0.364. The Labute approximate surface area is 113 Å². The van der Waals surface area contributed by atoms with E-state index in [-0.39, 0.29) is 17.4 Å². The molecular weight excluding hydrogens is 278 g/mol. The molecule has 1 atom stereocenters. The van der Waals surface area contributed by atoms with Crippen molar-refractivity contribution < 1.29 is 14.8 Å². The van der Waals surface area contributed by atoms with E-state index >= 15 is 0 Å². The second-order valence-electron chi connectivity index (χ2n) is 3.75. The maximum Gasteiger partial charge on any atom is 0.304 e. The molecule has 0 spiro atoms. The quantitative estimate of drug-likeness (QED) is 0.641. The Morgan fingerprint density at radius 1 is 1.61 bits per heavy atom. The number of hydrogen-bond donors (Lipinski definition) is 1. The molecule has 0 aliphatic rings. The van der Waals surface area contributed by atoms with Gasteiger partial charge in [0, 0.05) is 23.1 Å². The molecule has 0 aliphatic heterocycles. The maximum atomic E-state index is 10.5. The summed E-state index contributed by atoms with van der Waals surface area (Å²) >= 11 is 7.38. The Kier molecular flexibility index (Phi) is 5.43. The first-order chi connectivity index (χ1) is 8.40. The molecule has 1 rings (SSSR count). The lowest BCUT2D eigenvalue weighted by Crippen LogP contribution is -2.05. The average molecular weight is 290 g/mol. The molecule has 0 amide bonds. The molecule has 1 unspecified atom stereocenters. The van der Waals surface area contributed by atoms with Crippen molar-refractivity contribution in [1.29, 1.82) is 0 Å². The van der Waals surface area contributed by atoms with Gasteiger partial charge in [-0.1, -0.05) is 18.5 Å². The van der Waals surface area contributed by atoms with Crippen LogP contribution < -0.4 is 0 Å². The number of benzene rings is 1. The minimum Gasteiger partial charge on any atom is -0.481 e. The van der Waals surface area contributed by atoms with Gasteiger partial charge in [0.05, 0.1) is 16.4 Å². The molecule has 7 heteroatoms. The van der Waals surface area contributed by atoms with Gasteiger partial charge in [-0.2, -0.15) is 11.8 Å². The second kappa shape index (κ2) is 6.61. The Morgan fingerprint density at radius 2 is 2.28 bits per heavy atom. The van der Waals surface area contributed by atoms with Gasteiger partial charge < -0.3 is 5.11 Å². The Morgan fingerprint density at radius 3 is 2.78 bits per heavy atom. The molecule has 0 heterocycles. The van der Waals surface area contributed by atoms with Crippen LogP contribution in [-0.2, 0) is 10.5 Å². The lowest BCUT2D eigenvalue weighted by Gasteiger charge is -2.09. The van der Waals surface area contributed by atoms with Gasteiger partial charge in [-0.05, 0) is 11.6 Å². The Bertz CT molecular complexity index is 466. The summed E-state index contributed by atoms with van der Waals surface area (Å²) in [7, 11) is 0. The number of carboxylic acid groups (broad SMARTS) is 1. The number of thioether (sulfide) groups is 1. The topological polar surface area (TPSA) is 80.4 Å². The molecule has 18 heavy (non-hydrogen) atoms. The molecule has 0 bridgehead atoms. The van der Waals surface area contributed by atoms with Crippen LogP contribution in [0.25, 0.3) is 0 Å². The summed E-state index contributed by atoms with van der Waals surface area (Å²) in [5.74, 6) is -0.310. The minimum absolute atomic E-state index is 0.0336. The summed E-state index contributed by atoms with van der Waals surface area (Å²) in [6.07, 6.45) is 0.0786. The largest absolute Gasteiger partial charge is 0.481 e. The number of non-ortho nitro benzene ring substituents is 1. The molecular formula is C11H12ClNO4S. The fourth-order valence-electron chi connectivity index (χ4n) is 1.30. The molecule has 98 valence electrons. The third-order valence-corrected chi connectivity index (χ3v) is 3.80. The molecule has 0 saturated heterocycles. The standard InChI is InChI=1S/C11H12ClNO4S/c1-7(4-11(14)15)18-6-8-2-3-9(13(16)17)5-10(8)12/h2-3,5,7H,4,6H2,1H3,(H,14,15). The van der Waals surface area contributed by atoms with Crippen molar-refractivity contribution in [2.75, 3.05) is 0 Å². The number of nitro groups is 1. The van der Waals surface area contributed by atoms with Crippen LogP contribution in [0.5, 0.6) is 0 Å². The molecule has 0 fully saturated rings. The SMILES string of the molecule is CC(CC(=O)O)SCc1ccc([N+](=O)[O-])cc1Cl. The highest BCUT2D eigenvalue weighted by Gasteiger charge is 2.12. The van der Waals surface area contributed by atoms with E-state index in [1.807, 2.05) is 6.92 Å². The monoisotopic (exact) mass is 289 g/mol. The molecule has 1 N–H and O–H groups in total. The highest BCUT2D eigenvalue weighted by molar-refractivity contribution is 7.99. The van der Waals surface area contributed by atoms with Gasteiger partial charge in [-0.25, -0.2) is 0 Å². The first-order valence-electron chi connectivity index (χ1n) is 5.16. The van der Waals surface area contributed by atoms with Crippen molar-refractivity contribution in [3.63, 3.8) is 0 Å². The number of hydrogen-bond acceptors (Lipinski definition) is 4. The zero-order chi connectivity index (χ0) is 13.7. The van der Waals surface area contributed by atoms with Gasteiger partial charge >= 0.3 is 5.97 Å². The summed E-state index contributed by atoms with van der Waals surface area (Å²) in [5.41, 5.74) is 0.719. The zero-order valence-electron chi connectivity index (χ0n) is 9.63. The third-order valence-electron chi connectivity index (χ3n) is 2.23. The van der Waals surface area contributed by atoms with E-state index in [0.29, 0.717) is 10.8 Å². The maximum absolute atomic E-state index is 10.5. The average Bonchev–Trinajstić information content (AvgIpc) is 2.26. The van der Waals surface area contributed by atoms with Crippen LogP contribution in [0.3, 0.4) is 0 Å². The highest BCUT2D eigenvalue weighted by atomic mass is 35.5. The lowest BCUT2D eigenvalue weighted by atomic mass is 10.2. The van der Waals surface area contributed by atoms with Crippen molar-refractivity contribution >= 4 is 35.0 Å². The molecule has 1 aromatic rings. The second-order valence-corrected chi connectivity index (χ2v) is 5.59. The summed E-state index contributed by atoms with van der Waals surface area (Å²) in [4.78, 5) is 20.5. The van der Waals surface area contributed by atoms with Gasteiger partial charge in [0.25, 0.3) is 5.69 Å². The molecule has 5 nitrogen and oxygen atoms in total. The van der Waals surface area contributed by atoms with E-state index in [0.717, 1.165) is 5.56 Å². The van der Waals surface area contributed by atoms with Gasteiger partial charge in [-0.15, -0.1) is 0 Å². The number of carboxylic acids is 1.